The van der Waals surface area contributed by atoms with E-state index in [2.05, 4.69) is 26.1 Å². The molecule has 1 aromatic rings. The standard InChI is InChI=1S/C17H27NO2/c1-4-5-6-11-17(2,3)13-18-12-14-7-9-15(10-8-14)16(19)20/h7-10,18H,4-6,11-13H2,1-3H3,(H,19,20). The first-order chi connectivity index (χ1) is 9.44. The van der Waals surface area contributed by atoms with Crippen LogP contribution in [0.5, 0.6) is 0 Å². The molecule has 112 valence electrons. The lowest BCUT2D eigenvalue weighted by atomic mass is 9.87. The van der Waals surface area contributed by atoms with Crippen LogP contribution in [0.3, 0.4) is 0 Å². The Bertz CT molecular complexity index is 410. The van der Waals surface area contributed by atoms with Crippen LogP contribution in [0.1, 0.15) is 62.4 Å². The number of benzene rings is 1. The molecule has 2 N–H and O–H groups in total. The van der Waals surface area contributed by atoms with Gasteiger partial charge in [0.1, 0.15) is 0 Å². The molecule has 0 unspecified atom stereocenters. The normalized spacial score (nSPS) is 11.6. The molecule has 0 spiro atoms. The van der Waals surface area contributed by atoms with Crippen molar-refractivity contribution < 1.29 is 9.90 Å². The van der Waals surface area contributed by atoms with Gasteiger partial charge in [0.2, 0.25) is 0 Å². The predicted octanol–water partition coefficient (Wildman–Crippen LogP) is 4.08. The molecule has 3 heteroatoms. The van der Waals surface area contributed by atoms with E-state index in [1.807, 2.05) is 12.1 Å². The number of rotatable bonds is 9. The summed E-state index contributed by atoms with van der Waals surface area (Å²) in [4.78, 5) is 10.8. The molecule has 0 heterocycles. The van der Waals surface area contributed by atoms with Crippen LogP contribution >= 0.6 is 0 Å². The first-order valence-corrected chi connectivity index (χ1v) is 7.47. The maximum Gasteiger partial charge on any atom is 0.335 e. The van der Waals surface area contributed by atoms with Gasteiger partial charge in [-0.1, -0.05) is 52.2 Å². The van der Waals surface area contributed by atoms with Gasteiger partial charge >= 0.3 is 5.97 Å². The summed E-state index contributed by atoms with van der Waals surface area (Å²) in [5, 5.41) is 12.3. The van der Waals surface area contributed by atoms with Gasteiger partial charge in [-0.15, -0.1) is 0 Å². The molecule has 0 saturated heterocycles. The molecule has 0 bridgehead atoms. The molecule has 0 aromatic heterocycles. The molecule has 0 aliphatic heterocycles. The van der Waals surface area contributed by atoms with E-state index in [0.29, 0.717) is 11.0 Å². The van der Waals surface area contributed by atoms with Gasteiger partial charge < -0.3 is 10.4 Å². The fraction of sp³-hybridized carbons (Fsp3) is 0.588. The van der Waals surface area contributed by atoms with Crippen molar-refractivity contribution in [2.75, 3.05) is 6.54 Å². The summed E-state index contributed by atoms with van der Waals surface area (Å²) < 4.78 is 0. The number of nitrogens with one attached hydrogen (secondary N) is 1. The van der Waals surface area contributed by atoms with Crippen LogP contribution in [-0.4, -0.2) is 17.6 Å². The molecule has 0 saturated carbocycles. The summed E-state index contributed by atoms with van der Waals surface area (Å²) in [5.41, 5.74) is 1.78. The van der Waals surface area contributed by atoms with Gasteiger partial charge in [-0.2, -0.15) is 0 Å². The number of unbranched alkanes of at least 4 members (excludes halogenated alkanes) is 2. The van der Waals surface area contributed by atoms with Crippen molar-refractivity contribution in [1.29, 1.82) is 0 Å². The maximum atomic E-state index is 10.8. The summed E-state index contributed by atoms with van der Waals surface area (Å²) in [5.74, 6) is -0.874. The predicted molar refractivity (Wildman–Crippen MR) is 83.0 cm³/mol. The third-order valence-electron chi connectivity index (χ3n) is 3.59. The molecular weight excluding hydrogens is 250 g/mol. The number of carbonyl (C=O) groups is 1. The lowest BCUT2D eigenvalue weighted by Gasteiger charge is -2.25. The number of hydrogen-bond acceptors (Lipinski definition) is 2. The van der Waals surface area contributed by atoms with Crippen molar-refractivity contribution in [3.63, 3.8) is 0 Å². The molecule has 1 aromatic carbocycles. The van der Waals surface area contributed by atoms with E-state index < -0.39 is 5.97 Å². The zero-order valence-corrected chi connectivity index (χ0v) is 12.9. The first-order valence-electron chi connectivity index (χ1n) is 7.47. The third kappa shape index (κ3) is 6.20. The van der Waals surface area contributed by atoms with Crippen LogP contribution in [0.25, 0.3) is 0 Å². The molecule has 0 aliphatic carbocycles. The van der Waals surface area contributed by atoms with Gasteiger partial charge in [-0.3, -0.25) is 0 Å². The maximum absolute atomic E-state index is 10.8. The highest BCUT2D eigenvalue weighted by Gasteiger charge is 2.16. The van der Waals surface area contributed by atoms with E-state index in [0.717, 1.165) is 18.7 Å². The highest BCUT2D eigenvalue weighted by Crippen LogP contribution is 2.22. The fourth-order valence-corrected chi connectivity index (χ4v) is 2.25. The average Bonchev–Trinajstić information content (AvgIpc) is 2.39. The molecular formula is C17H27NO2. The van der Waals surface area contributed by atoms with Gasteiger partial charge in [0.05, 0.1) is 5.56 Å². The van der Waals surface area contributed by atoms with E-state index in [9.17, 15) is 4.79 Å². The van der Waals surface area contributed by atoms with E-state index in [4.69, 9.17) is 5.11 Å². The molecule has 0 amide bonds. The highest BCUT2D eigenvalue weighted by molar-refractivity contribution is 5.87. The van der Waals surface area contributed by atoms with Gasteiger partial charge in [0.25, 0.3) is 0 Å². The van der Waals surface area contributed by atoms with Crippen LogP contribution in [0.2, 0.25) is 0 Å². The Labute approximate surface area is 122 Å². The topological polar surface area (TPSA) is 49.3 Å². The lowest BCUT2D eigenvalue weighted by Crippen LogP contribution is -2.29. The molecule has 1 rings (SSSR count). The van der Waals surface area contributed by atoms with Crippen molar-refractivity contribution >= 4 is 5.97 Å². The van der Waals surface area contributed by atoms with Gasteiger partial charge in [0, 0.05) is 13.1 Å². The Morgan fingerprint density at radius 1 is 1.20 bits per heavy atom. The van der Waals surface area contributed by atoms with Crippen LogP contribution < -0.4 is 5.32 Å². The van der Waals surface area contributed by atoms with Crippen molar-refractivity contribution in [2.24, 2.45) is 5.41 Å². The lowest BCUT2D eigenvalue weighted by molar-refractivity contribution is 0.0697. The Kier molecular flexibility index (Phi) is 6.73. The quantitative estimate of drug-likeness (QED) is 0.669. The van der Waals surface area contributed by atoms with Gasteiger partial charge in [0.15, 0.2) is 0 Å². The summed E-state index contributed by atoms with van der Waals surface area (Å²) in [6.45, 7) is 8.59. The average molecular weight is 277 g/mol. The number of carboxylic acids is 1. The van der Waals surface area contributed by atoms with Crippen LogP contribution in [-0.2, 0) is 6.54 Å². The summed E-state index contributed by atoms with van der Waals surface area (Å²) in [6, 6.07) is 7.07. The second kappa shape index (κ2) is 8.05. The molecule has 0 atom stereocenters. The summed E-state index contributed by atoms with van der Waals surface area (Å²) in [7, 11) is 0. The van der Waals surface area contributed by atoms with Crippen LogP contribution in [0.15, 0.2) is 24.3 Å². The van der Waals surface area contributed by atoms with E-state index in [1.165, 1.54) is 25.7 Å². The Hall–Kier alpha value is -1.35. The summed E-state index contributed by atoms with van der Waals surface area (Å²) >= 11 is 0. The molecule has 20 heavy (non-hydrogen) atoms. The Balaban J connectivity index is 2.34. The second-order valence-electron chi connectivity index (χ2n) is 6.23. The molecule has 0 fully saturated rings. The largest absolute Gasteiger partial charge is 0.478 e. The molecule has 0 radical (unpaired) electrons. The zero-order valence-electron chi connectivity index (χ0n) is 12.9. The molecule has 0 aliphatic rings. The Morgan fingerprint density at radius 2 is 1.85 bits per heavy atom. The SMILES string of the molecule is CCCCCC(C)(C)CNCc1ccc(C(=O)O)cc1. The summed E-state index contributed by atoms with van der Waals surface area (Å²) in [6.07, 6.45) is 5.10. The first kappa shape index (κ1) is 16.7. The number of carboxylic acid groups (broad SMARTS) is 1. The van der Waals surface area contributed by atoms with Gasteiger partial charge in [-0.25, -0.2) is 4.79 Å². The van der Waals surface area contributed by atoms with E-state index in [1.54, 1.807) is 12.1 Å². The number of aromatic carboxylic acids is 1. The molecule has 3 nitrogen and oxygen atoms in total. The fourth-order valence-electron chi connectivity index (χ4n) is 2.25. The highest BCUT2D eigenvalue weighted by atomic mass is 16.4. The van der Waals surface area contributed by atoms with E-state index >= 15 is 0 Å². The number of hydrogen-bond donors (Lipinski definition) is 2. The van der Waals surface area contributed by atoms with Crippen molar-refractivity contribution in [2.45, 2.75) is 53.0 Å². The van der Waals surface area contributed by atoms with Crippen molar-refractivity contribution in [3.05, 3.63) is 35.4 Å². The van der Waals surface area contributed by atoms with Crippen molar-refractivity contribution in [3.8, 4) is 0 Å². The van der Waals surface area contributed by atoms with Gasteiger partial charge in [-0.05, 0) is 29.5 Å². The van der Waals surface area contributed by atoms with E-state index in [-0.39, 0.29) is 0 Å². The van der Waals surface area contributed by atoms with Crippen LogP contribution in [0.4, 0.5) is 0 Å². The Morgan fingerprint density at radius 3 is 2.40 bits per heavy atom. The minimum absolute atomic E-state index is 0.316. The zero-order chi connectivity index (χ0) is 15.0. The minimum Gasteiger partial charge on any atom is -0.478 e. The minimum atomic E-state index is -0.874. The third-order valence-corrected chi connectivity index (χ3v) is 3.59. The van der Waals surface area contributed by atoms with Crippen LogP contribution in [0, 0.1) is 5.41 Å². The second-order valence-corrected chi connectivity index (χ2v) is 6.23. The van der Waals surface area contributed by atoms with Crippen molar-refractivity contribution in [1.82, 2.24) is 5.32 Å². The monoisotopic (exact) mass is 277 g/mol. The smallest absolute Gasteiger partial charge is 0.335 e.